The second kappa shape index (κ2) is 11.7. The second-order valence-corrected chi connectivity index (χ2v) is 11.5. The average molecular weight is 505 g/mol. The van der Waals surface area contributed by atoms with Gasteiger partial charge in [-0.25, -0.2) is 4.63 Å². The highest BCUT2D eigenvalue weighted by Gasteiger charge is 2.41. The van der Waals surface area contributed by atoms with E-state index in [0.29, 0.717) is 11.8 Å². The smallest absolute Gasteiger partial charge is 0.321 e. The van der Waals surface area contributed by atoms with E-state index in [1.807, 2.05) is 19.9 Å². The lowest BCUT2D eigenvalue weighted by Gasteiger charge is -2.35. The normalized spacial score (nSPS) is 22.7. The number of rotatable bonds is 10. The van der Waals surface area contributed by atoms with Gasteiger partial charge in [-0.1, -0.05) is 56.7 Å². The number of aryl methyl sites for hydroxylation is 1. The van der Waals surface area contributed by atoms with Crippen molar-refractivity contribution in [3.8, 4) is 0 Å². The molecule has 0 spiro atoms. The minimum atomic E-state index is -0.694. The number of nitrogens with zero attached hydrogens (tertiary/aromatic N) is 4. The number of benzene rings is 2. The Morgan fingerprint density at radius 2 is 1.81 bits per heavy atom. The highest BCUT2D eigenvalue weighted by Crippen LogP contribution is 2.36. The number of carboxylic acids is 1. The van der Waals surface area contributed by atoms with Crippen molar-refractivity contribution in [1.82, 2.24) is 20.1 Å². The van der Waals surface area contributed by atoms with Gasteiger partial charge in [-0.3, -0.25) is 9.69 Å². The molecule has 2 aromatic carbocycles. The molecule has 198 valence electrons. The van der Waals surface area contributed by atoms with Gasteiger partial charge in [0.2, 0.25) is 0 Å². The molecular formula is C30H40N4O3. The summed E-state index contributed by atoms with van der Waals surface area (Å²) in [5, 5.41) is 17.8. The third-order valence-corrected chi connectivity index (χ3v) is 8.57. The number of hydrogen-bond acceptors (Lipinski definition) is 6. The number of piperidine rings is 1. The number of aliphatic carboxylic acids is 1. The van der Waals surface area contributed by atoms with E-state index in [4.69, 9.17) is 4.63 Å². The van der Waals surface area contributed by atoms with E-state index in [0.717, 1.165) is 56.1 Å². The summed E-state index contributed by atoms with van der Waals surface area (Å²) >= 11 is 0. The molecule has 2 fully saturated rings. The first-order valence-corrected chi connectivity index (χ1v) is 13.9. The van der Waals surface area contributed by atoms with E-state index < -0.39 is 12.0 Å². The summed E-state index contributed by atoms with van der Waals surface area (Å²) in [6.45, 7) is 9.09. The maximum absolute atomic E-state index is 12.1. The first kappa shape index (κ1) is 25.9. The van der Waals surface area contributed by atoms with Crippen molar-refractivity contribution in [3.63, 3.8) is 0 Å². The van der Waals surface area contributed by atoms with Crippen molar-refractivity contribution in [2.75, 3.05) is 32.7 Å². The fourth-order valence-corrected chi connectivity index (χ4v) is 6.62. The van der Waals surface area contributed by atoms with Crippen LogP contribution in [0.1, 0.15) is 56.6 Å². The minimum absolute atomic E-state index is 0.0953. The van der Waals surface area contributed by atoms with Crippen LogP contribution >= 0.6 is 0 Å². The summed E-state index contributed by atoms with van der Waals surface area (Å²) < 4.78 is 4.81. The van der Waals surface area contributed by atoms with Crippen LogP contribution in [0.3, 0.4) is 0 Å². The molecule has 3 aromatic rings. The summed E-state index contributed by atoms with van der Waals surface area (Å²) in [5.74, 6) is 1.03. The topological polar surface area (TPSA) is 82.7 Å². The van der Waals surface area contributed by atoms with Gasteiger partial charge in [-0.05, 0) is 90.1 Å². The van der Waals surface area contributed by atoms with Crippen LogP contribution < -0.4 is 0 Å². The standard InChI is InChI=1S/C30H40N4O3/c1-21(2)29(30(35)36)34-19-25(26(20-34)24-9-4-3-5-10-24)18-33-15-13-22(14-16-33)7-6-8-23-11-12-27-28(17-23)32-37-31-27/h3-5,9-12,17,21-22,25-26,29H,6-8,13-16,18-20H2,1-2H3,(H,35,36)/t25-,26+,29+/m0/s1. The molecule has 1 N–H and O–H groups in total. The fourth-order valence-electron chi connectivity index (χ4n) is 6.62. The van der Waals surface area contributed by atoms with Gasteiger partial charge in [0.05, 0.1) is 0 Å². The average Bonchev–Trinajstić information content (AvgIpc) is 3.52. The molecular weight excluding hydrogens is 464 g/mol. The summed E-state index contributed by atoms with van der Waals surface area (Å²) in [6.07, 6.45) is 6.04. The minimum Gasteiger partial charge on any atom is -0.480 e. The van der Waals surface area contributed by atoms with Gasteiger partial charge in [0.25, 0.3) is 0 Å². The molecule has 0 bridgehead atoms. The van der Waals surface area contributed by atoms with Crippen LogP contribution in [-0.2, 0) is 11.2 Å². The number of likely N-dealkylation sites (tertiary alicyclic amines) is 2. The van der Waals surface area contributed by atoms with Crippen molar-refractivity contribution < 1.29 is 14.5 Å². The van der Waals surface area contributed by atoms with Crippen molar-refractivity contribution >= 4 is 17.0 Å². The predicted octanol–water partition coefficient (Wildman–Crippen LogP) is 5.08. The highest BCUT2D eigenvalue weighted by molar-refractivity contribution is 5.74. The van der Waals surface area contributed by atoms with Crippen LogP contribution in [0.2, 0.25) is 0 Å². The Labute approximate surface area is 219 Å². The molecule has 2 aliphatic rings. The van der Waals surface area contributed by atoms with E-state index in [1.165, 1.54) is 36.8 Å². The molecule has 0 radical (unpaired) electrons. The molecule has 5 rings (SSSR count). The van der Waals surface area contributed by atoms with Crippen LogP contribution in [0.4, 0.5) is 0 Å². The van der Waals surface area contributed by atoms with Gasteiger partial charge in [0, 0.05) is 25.6 Å². The summed E-state index contributed by atoms with van der Waals surface area (Å²) in [7, 11) is 0. The fraction of sp³-hybridized carbons (Fsp3) is 0.567. The molecule has 2 saturated heterocycles. The van der Waals surface area contributed by atoms with Crippen molar-refractivity contribution in [3.05, 3.63) is 59.7 Å². The lowest BCUT2D eigenvalue weighted by atomic mass is 9.87. The van der Waals surface area contributed by atoms with E-state index >= 15 is 0 Å². The van der Waals surface area contributed by atoms with E-state index in [-0.39, 0.29) is 5.92 Å². The first-order valence-electron chi connectivity index (χ1n) is 13.9. The SMILES string of the molecule is CC(C)[C@H](C(=O)O)N1C[C@H](CN2CCC(CCCc3ccc4nonc4c3)CC2)[C@@H](c2ccccc2)C1. The lowest BCUT2D eigenvalue weighted by Crippen LogP contribution is -2.44. The van der Waals surface area contributed by atoms with E-state index in [9.17, 15) is 9.90 Å². The first-order chi connectivity index (χ1) is 18.0. The molecule has 0 amide bonds. The Morgan fingerprint density at radius 1 is 1.05 bits per heavy atom. The van der Waals surface area contributed by atoms with Gasteiger partial charge in [-0.2, -0.15) is 0 Å². The molecule has 37 heavy (non-hydrogen) atoms. The van der Waals surface area contributed by atoms with Gasteiger partial charge in [-0.15, -0.1) is 0 Å². The van der Waals surface area contributed by atoms with E-state index in [2.05, 4.69) is 62.6 Å². The molecule has 0 saturated carbocycles. The molecule has 0 aliphatic carbocycles. The summed E-state index contributed by atoms with van der Waals surface area (Å²) in [6, 6.07) is 16.5. The monoisotopic (exact) mass is 504 g/mol. The Kier molecular flexibility index (Phi) is 8.20. The molecule has 3 atom stereocenters. The Morgan fingerprint density at radius 3 is 2.54 bits per heavy atom. The zero-order valence-corrected chi connectivity index (χ0v) is 22.1. The third-order valence-electron chi connectivity index (χ3n) is 8.57. The zero-order valence-electron chi connectivity index (χ0n) is 22.1. The number of carboxylic acid groups (broad SMARTS) is 1. The largest absolute Gasteiger partial charge is 0.480 e. The quantitative estimate of drug-likeness (QED) is 0.412. The van der Waals surface area contributed by atoms with Crippen molar-refractivity contribution in [2.24, 2.45) is 17.8 Å². The number of carbonyl (C=O) groups is 1. The van der Waals surface area contributed by atoms with Crippen LogP contribution in [0.5, 0.6) is 0 Å². The Bertz CT molecular complexity index is 1160. The molecule has 2 aliphatic heterocycles. The Balaban J connectivity index is 1.13. The van der Waals surface area contributed by atoms with Gasteiger partial charge < -0.3 is 10.0 Å². The van der Waals surface area contributed by atoms with Crippen molar-refractivity contribution in [2.45, 2.75) is 57.9 Å². The van der Waals surface area contributed by atoms with E-state index in [1.54, 1.807) is 0 Å². The molecule has 7 heteroatoms. The van der Waals surface area contributed by atoms with Gasteiger partial charge in [0.1, 0.15) is 17.1 Å². The van der Waals surface area contributed by atoms with Crippen LogP contribution in [0.25, 0.3) is 11.0 Å². The lowest BCUT2D eigenvalue weighted by molar-refractivity contribution is -0.144. The number of fused-ring (bicyclic) bond motifs is 1. The van der Waals surface area contributed by atoms with Crippen LogP contribution in [-0.4, -0.2) is 70.0 Å². The maximum Gasteiger partial charge on any atom is 0.321 e. The van der Waals surface area contributed by atoms with Gasteiger partial charge >= 0.3 is 5.97 Å². The second-order valence-electron chi connectivity index (χ2n) is 11.5. The Hall–Kier alpha value is -2.77. The van der Waals surface area contributed by atoms with Crippen LogP contribution in [0, 0.1) is 17.8 Å². The molecule has 0 unspecified atom stereocenters. The van der Waals surface area contributed by atoms with Crippen LogP contribution in [0.15, 0.2) is 53.2 Å². The highest BCUT2D eigenvalue weighted by atomic mass is 16.6. The molecule has 3 heterocycles. The molecule has 7 nitrogen and oxygen atoms in total. The molecule has 1 aromatic heterocycles. The van der Waals surface area contributed by atoms with Gasteiger partial charge in [0.15, 0.2) is 0 Å². The zero-order chi connectivity index (χ0) is 25.8. The van der Waals surface area contributed by atoms with Crippen molar-refractivity contribution in [1.29, 1.82) is 0 Å². The summed E-state index contributed by atoms with van der Waals surface area (Å²) in [5.41, 5.74) is 4.31. The summed E-state index contributed by atoms with van der Waals surface area (Å²) in [4.78, 5) is 16.9. The number of aromatic nitrogens is 2. The predicted molar refractivity (Wildman–Crippen MR) is 144 cm³/mol. The third kappa shape index (κ3) is 6.21. The number of hydrogen-bond donors (Lipinski definition) is 1. The maximum atomic E-state index is 12.1.